The molecule has 0 spiro atoms. The van der Waals surface area contributed by atoms with Crippen LogP contribution in [0.2, 0.25) is 0 Å². The third-order valence-electron chi connectivity index (χ3n) is 4.74. The monoisotopic (exact) mass is 369 g/mol. The number of hydrogen-bond donors (Lipinski definition) is 0. The first-order valence-electron chi connectivity index (χ1n) is 9.26. The molecule has 0 fully saturated rings. The van der Waals surface area contributed by atoms with E-state index in [0.717, 1.165) is 25.2 Å². The maximum Gasteiger partial charge on any atom is 0.269 e. The number of rotatable bonds is 9. The number of carbonyl (C=O) groups is 1. The lowest BCUT2D eigenvalue weighted by molar-refractivity contribution is -0.384. The largest absolute Gasteiger partial charge is 0.333 e. The lowest BCUT2D eigenvalue weighted by Gasteiger charge is -2.27. The molecule has 27 heavy (non-hydrogen) atoms. The first-order valence-corrected chi connectivity index (χ1v) is 9.26. The number of carbonyl (C=O) groups excluding carboxylic acids is 1. The highest BCUT2D eigenvalue weighted by Gasteiger charge is 2.20. The molecule has 0 unspecified atom stereocenters. The van der Waals surface area contributed by atoms with Gasteiger partial charge in [-0.2, -0.15) is 0 Å². The Bertz CT molecular complexity index is 773. The first-order chi connectivity index (χ1) is 13.0. The molecule has 0 heterocycles. The highest BCUT2D eigenvalue weighted by Crippen LogP contribution is 2.19. The summed E-state index contributed by atoms with van der Waals surface area (Å²) in [6, 6.07) is 14.3. The Kier molecular flexibility index (Phi) is 7.49. The molecule has 6 nitrogen and oxygen atoms in total. The van der Waals surface area contributed by atoms with Gasteiger partial charge in [0.15, 0.2) is 0 Å². The first kappa shape index (κ1) is 20.6. The molecule has 0 bridgehead atoms. The van der Waals surface area contributed by atoms with Gasteiger partial charge >= 0.3 is 0 Å². The lowest BCUT2D eigenvalue weighted by Crippen LogP contribution is -2.38. The highest BCUT2D eigenvalue weighted by molar-refractivity contribution is 5.96. The second-order valence-electron chi connectivity index (χ2n) is 6.50. The molecule has 6 heteroatoms. The standard InChI is InChI=1S/C21H27N3O3/c1-4-22(5-2)13-14-23(16-18-9-7-6-8-10-18)21(25)20-12-11-19(24(26)27)15-17(20)3/h6-12,15H,4-5,13-14,16H2,1-3H3. The summed E-state index contributed by atoms with van der Waals surface area (Å²) in [4.78, 5) is 27.8. The SMILES string of the molecule is CCN(CC)CCN(Cc1ccccc1)C(=O)c1ccc([N+](=O)[O-])cc1C. The molecule has 2 aromatic rings. The zero-order valence-electron chi connectivity index (χ0n) is 16.2. The molecule has 0 aromatic heterocycles. The van der Waals surface area contributed by atoms with Crippen molar-refractivity contribution in [3.8, 4) is 0 Å². The summed E-state index contributed by atoms with van der Waals surface area (Å²) < 4.78 is 0. The van der Waals surface area contributed by atoms with E-state index in [-0.39, 0.29) is 11.6 Å². The van der Waals surface area contributed by atoms with Crippen LogP contribution >= 0.6 is 0 Å². The van der Waals surface area contributed by atoms with Crippen molar-refractivity contribution in [1.82, 2.24) is 9.80 Å². The maximum absolute atomic E-state index is 13.2. The van der Waals surface area contributed by atoms with Gasteiger partial charge in [0.1, 0.15) is 0 Å². The minimum absolute atomic E-state index is 0.00167. The van der Waals surface area contributed by atoms with Gasteiger partial charge in [-0.05, 0) is 37.2 Å². The van der Waals surface area contributed by atoms with Gasteiger partial charge in [-0.15, -0.1) is 0 Å². The van der Waals surface area contributed by atoms with E-state index in [1.165, 1.54) is 12.1 Å². The second kappa shape index (κ2) is 9.83. The van der Waals surface area contributed by atoms with Gasteiger partial charge in [-0.25, -0.2) is 0 Å². The number of benzene rings is 2. The van der Waals surface area contributed by atoms with E-state index >= 15 is 0 Å². The van der Waals surface area contributed by atoms with Gasteiger partial charge in [0.25, 0.3) is 11.6 Å². The van der Waals surface area contributed by atoms with E-state index < -0.39 is 4.92 Å². The maximum atomic E-state index is 13.2. The Morgan fingerprint density at radius 2 is 1.70 bits per heavy atom. The van der Waals surface area contributed by atoms with Crippen LogP contribution in [-0.2, 0) is 6.54 Å². The molecule has 2 rings (SSSR count). The van der Waals surface area contributed by atoms with E-state index in [1.54, 1.807) is 13.0 Å². The molecule has 144 valence electrons. The van der Waals surface area contributed by atoms with Crippen molar-refractivity contribution >= 4 is 11.6 Å². The van der Waals surface area contributed by atoms with Crippen molar-refractivity contribution in [2.45, 2.75) is 27.3 Å². The number of non-ortho nitro benzene ring substituents is 1. The van der Waals surface area contributed by atoms with E-state index in [1.807, 2.05) is 35.2 Å². The number of aryl methyl sites for hydroxylation is 1. The van der Waals surface area contributed by atoms with Crippen LogP contribution in [0.4, 0.5) is 5.69 Å². The number of nitrogens with zero attached hydrogens (tertiary/aromatic N) is 3. The fourth-order valence-electron chi connectivity index (χ4n) is 3.03. The van der Waals surface area contributed by atoms with Crippen LogP contribution in [0.25, 0.3) is 0 Å². The van der Waals surface area contributed by atoms with Crippen LogP contribution in [0.5, 0.6) is 0 Å². The van der Waals surface area contributed by atoms with Gasteiger partial charge in [0.2, 0.25) is 0 Å². The molecule has 0 saturated carbocycles. The Labute approximate surface area is 160 Å². The summed E-state index contributed by atoms with van der Waals surface area (Å²) >= 11 is 0. The molecule has 1 amide bonds. The number of hydrogen-bond acceptors (Lipinski definition) is 4. The van der Waals surface area contributed by atoms with Crippen LogP contribution in [0, 0.1) is 17.0 Å². The summed E-state index contributed by atoms with van der Waals surface area (Å²) in [5, 5.41) is 11.0. The smallest absolute Gasteiger partial charge is 0.269 e. The minimum atomic E-state index is -0.441. The lowest BCUT2D eigenvalue weighted by atomic mass is 10.1. The molecular formula is C21H27N3O3. The Balaban J connectivity index is 2.25. The number of amides is 1. The van der Waals surface area contributed by atoms with Crippen molar-refractivity contribution in [2.75, 3.05) is 26.2 Å². The zero-order chi connectivity index (χ0) is 19.8. The van der Waals surface area contributed by atoms with Crippen molar-refractivity contribution in [3.05, 3.63) is 75.3 Å². The molecule has 0 atom stereocenters. The molecule has 0 radical (unpaired) electrons. The van der Waals surface area contributed by atoms with Crippen LogP contribution < -0.4 is 0 Å². The predicted molar refractivity (Wildman–Crippen MR) is 107 cm³/mol. The van der Waals surface area contributed by atoms with Gasteiger partial charge in [-0.3, -0.25) is 14.9 Å². The third-order valence-corrected chi connectivity index (χ3v) is 4.74. The quantitative estimate of drug-likeness (QED) is 0.497. The summed E-state index contributed by atoms with van der Waals surface area (Å²) in [6.45, 7) is 9.72. The minimum Gasteiger partial charge on any atom is -0.333 e. The second-order valence-corrected chi connectivity index (χ2v) is 6.50. The van der Waals surface area contributed by atoms with Crippen LogP contribution in [0.3, 0.4) is 0 Å². The summed E-state index contributed by atoms with van der Waals surface area (Å²) in [6.07, 6.45) is 0. The van der Waals surface area contributed by atoms with Crippen molar-refractivity contribution in [3.63, 3.8) is 0 Å². The summed E-state index contributed by atoms with van der Waals surface area (Å²) in [5.41, 5.74) is 2.19. The molecule has 2 aromatic carbocycles. The fraction of sp³-hybridized carbons (Fsp3) is 0.381. The van der Waals surface area contributed by atoms with Crippen LogP contribution in [0.15, 0.2) is 48.5 Å². The van der Waals surface area contributed by atoms with Crippen molar-refractivity contribution in [2.24, 2.45) is 0 Å². The molecule has 0 aliphatic carbocycles. The Morgan fingerprint density at radius 1 is 1.04 bits per heavy atom. The normalized spacial score (nSPS) is 10.8. The van der Waals surface area contributed by atoms with Crippen molar-refractivity contribution in [1.29, 1.82) is 0 Å². The zero-order valence-corrected chi connectivity index (χ0v) is 16.2. The fourth-order valence-corrected chi connectivity index (χ4v) is 3.03. The van der Waals surface area contributed by atoms with Gasteiger partial charge in [0, 0.05) is 37.3 Å². The predicted octanol–water partition coefficient (Wildman–Crippen LogP) is 3.89. The van der Waals surface area contributed by atoms with E-state index in [9.17, 15) is 14.9 Å². The topological polar surface area (TPSA) is 66.7 Å². The van der Waals surface area contributed by atoms with Crippen LogP contribution in [0.1, 0.15) is 35.3 Å². The van der Waals surface area contributed by atoms with Gasteiger partial charge < -0.3 is 9.80 Å². The summed E-state index contributed by atoms with van der Waals surface area (Å²) in [5.74, 6) is -0.0987. The average molecular weight is 369 g/mol. The number of nitro groups is 1. The molecule has 0 aliphatic rings. The van der Waals surface area contributed by atoms with Gasteiger partial charge in [0.05, 0.1) is 4.92 Å². The Morgan fingerprint density at radius 3 is 2.26 bits per heavy atom. The molecular weight excluding hydrogens is 342 g/mol. The van der Waals surface area contributed by atoms with Gasteiger partial charge in [-0.1, -0.05) is 44.2 Å². The average Bonchev–Trinajstić information content (AvgIpc) is 2.68. The summed E-state index contributed by atoms with van der Waals surface area (Å²) in [7, 11) is 0. The van der Waals surface area contributed by atoms with Crippen LogP contribution in [-0.4, -0.2) is 46.8 Å². The number of likely N-dealkylation sites (N-methyl/N-ethyl adjacent to an activating group) is 1. The highest BCUT2D eigenvalue weighted by atomic mass is 16.6. The van der Waals surface area contributed by atoms with E-state index in [2.05, 4.69) is 18.7 Å². The molecule has 0 N–H and O–H groups in total. The number of nitro benzene ring substituents is 1. The van der Waals surface area contributed by atoms with E-state index in [4.69, 9.17) is 0 Å². The third kappa shape index (κ3) is 5.62. The molecule has 0 saturated heterocycles. The molecule has 0 aliphatic heterocycles. The Hall–Kier alpha value is -2.73. The van der Waals surface area contributed by atoms with Crippen molar-refractivity contribution < 1.29 is 9.72 Å². The van der Waals surface area contributed by atoms with E-state index in [0.29, 0.717) is 24.2 Å².